The molecule has 4 nitrogen and oxygen atoms in total. The molecule has 0 spiro atoms. The standard InChI is InChI=1S/C17H23N3O/c1-20(16-9-10-21-11-16)13-17(12-18,19-15-7-8-15)14-5-3-2-4-6-14/h2-6,15-16,19H,7-11,13H2,1H3. The van der Waals surface area contributed by atoms with Crippen molar-refractivity contribution in [1.29, 1.82) is 5.26 Å². The molecular weight excluding hydrogens is 262 g/mol. The number of nitrogens with zero attached hydrogens (tertiary/aromatic N) is 2. The Balaban J connectivity index is 1.82. The van der Waals surface area contributed by atoms with Crippen LogP contribution in [0.25, 0.3) is 0 Å². The number of likely N-dealkylation sites (N-methyl/N-ethyl adjacent to an activating group) is 1. The van der Waals surface area contributed by atoms with Gasteiger partial charge in [-0.3, -0.25) is 10.2 Å². The molecule has 2 aliphatic rings. The van der Waals surface area contributed by atoms with E-state index in [1.54, 1.807) is 0 Å². The Labute approximate surface area is 126 Å². The van der Waals surface area contributed by atoms with Gasteiger partial charge in [0.05, 0.1) is 12.7 Å². The zero-order chi connectivity index (χ0) is 14.7. The van der Waals surface area contributed by atoms with Crippen LogP contribution in [0.3, 0.4) is 0 Å². The van der Waals surface area contributed by atoms with Crippen molar-refractivity contribution in [3.63, 3.8) is 0 Å². The molecule has 1 aliphatic heterocycles. The Kier molecular flexibility index (Phi) is 4.25. The van der Waals surface area contributed by atoms with Crippen molar-refractivity contribution in [3.8, 4) is 6.07 Å². The van der Waals surface area contributed by atoms with Gasteiger partial charge in [0, 0.05) is 25.2 Å². The summed E-state index contributed by atoms with van der Waals surface area (Å²) in [5.41, 5.74) is 0.435. The van der Waals surface area contributed by atoms with Gasteiger partial charge in [-0.1, -0.05) is 30.3 Å². The van der Waals surface area contributed by atoms with E-state index < -0.39 is 5.54 Å². The summed E-state index contributed by atoms with van der Waals surface area (Å²) in [6, 6.07) is 13.6. The van der Waals surface area contributed by atoms with Crippen LogP contribution in [0.5, 0.6) is 0 Å². The van der Waals surface area contributed by atoms with Crippen LogP contribution in [0, 0.1) is 11.3 Å². The molecular formula is C17H23N3O. The van der Waals surface area contributed by atoms with E-state index in [9.17, 15) is 5.26 Å². The van der Waals surface area contributed by atoms with E-state index in [2.05, 4.69) is 35.5 Å². The quantitative estimate of drug-likeness (QED) is 0.867. The SMILES string of the molecule is CN(CC(C#N)(NC1CC1)c1ccccc1)C1CCOC1. The highest BCUT2D eigenvalue weighted by Crippen LogP contribution is 2.30. The van der Waals surface area contributed by atoms with Gasteiger partial charge in [0.25, 0.3) is 0 Å². The minimum absolute atomic E-state index is 0.419. The predicted octanol–water partition coefficient (Wildman–Crippen LogP) is 1.88. The van der Waals surface area contributed by atoms with Gasteiger partial charge in [-0.25, -0.2) is 0 Å². The number of ether oxygens (including phenoxy) is 1. The number of hydrogen-bond donors (Lipinski definition) is 1. The molecule has 1 saturated carbocycles. The van der Waals surface area contributed by atoms with E-state index in [4.69, 9.17) is 4.74 Å². The number of rotatable bonds is 6. The van der Waals surface area contributed by atoms with Crippen molar-refractivity contribution >= 4 is 0 Å². The predicted molar refractivity (Wildman–Crippen MR) is 81.7 cm³/mol. The Hall–Kier alpha value is -1.41. The summed E-state index contributed by atoms with van der Waals surface area (Å²) in [7, 11) is 2.10. The number of hydrogen-bond acceptors (Lipinski definition) is 4. The second kappa shape index (κ2) is 6.15. The fraction of sp³-hybridized carbons (Fsp3) is 0.588. The largest absolute Gasteiger partial charge is 0.380 e. The zero-order valence-electron chi connectivity index (χ0n) is 12.6. The molecule has 2 unspecified atom stereocenters. The summed E-state index contributed by atoms with van der Waals surface area (Å²) < 4.78 is 5.48. The minimum Gasteiger partial charge on any atom is -0.380 e. The smallest absolute Gasteiger partial charge is 0.145 e. The highest BCUT2D eigenvalue weighted by Gasteiger charge is 2.40. The molecule has 2 atom stereocenters. The molecule has 1 heterocycles. The van der Waals surface area contributed by atoms with E-state index in [0.29, 0.717) is 18.6 Å². The maximum Gasteiger partial charge on any atom is 0.145 e. The molecule has 112 valence electrons. The second-order valence-corrected chi connectivity index (χ2v) is 6.23. The summed E-state index contributed by atoms with van der Waals surface area (Å²) in [5, 5.41) is 13.5. The van der Waals surface area contributed by atoms with Gasteiger partial charge in [-0.05, 0) is 31.9 Å². The Morgan fingerprint density at radius 2 is 2.10 bits per heavy atom. The first-order valence-electron chi connectivity index (χ1n) is 7.76. The van der Waals surface area contributed by atoms with Crippen LogP contribution in [0.2, 0.25) is 0 Å². The van der Waals surface area contributed by atoms with E-state index >= 15 is 0 Å². The van der Waals surface area contributed by atoms with E-state index in [0.717, 1.165) is 25.2 Å². The molecule has 1 aliphatic carbocycles. The van der Waals surface area contributed by atoms with Gasteiger partial charge in [0.1, 0.15) is 5.54 Å². The molecule has 3 rings (SSSR count). The van der Waals surface area contributed by atoms with Crippen molar-refractivity contribution in [2.75, 3.05) is 26.8 Å². The molecule has 1 aromatic rings. The fourth-order valence-electron chi connectivity index (χ4n) is 3.02. The maximum absolute atomic E-state index is 9.93. The van der Waals surface area contributed by atoms with Gasteiger partial charge >= 0.3 is 0 Å². The zero-order valence-corrected chi connectivity index (χ0v) is 12.6. The lowest BCUT2D eigenvalue weighted by molar-refractivity contribution is 0.143. The Bertz CT molecular complexity index is 503. The summed E-state index contributed by atoms with van der Waals surface area (Å²) >= 11 is 0. The lowest BCUT2D eigenvalue weighted by atomic mass is 9.90. The first kappa shape index (κ1) is 14.5. The minimum atomic E-state index is -0.625. The highest BCUT2D eigenvalue weighted by atomic mass is 16.5. The fourth-order valence-corrected chi connectivity index (χ4v) is 3.02. The average Bonchev–Trinajstić information content (AvgIpc) is 3.16. The third kappa shape index (κ3) is 3.26. The first-order valence-corrected chi connectivity index (χ1v) is 7.76. The number of benzene rings is 1. The number of nitriles is 1. The van der Waals surface area contributed by atoms with Crippen molar-refractivity contribution in [2.24, 2.45) is 0 Å². The Morgan fingerprint density at radius 3 is 2.67 bits per heavy atom. The molecule has 1 aromatic carbocycles. The summed E-state index contributed by atoms with van der Waals surface area (Å²) in [5.74, 6) is 0. The molecule has 0 amide bonds. The summed E-state index contributed by atoms with van der Waals surface area (Å²) in [4.78, 5) is 2.28. The second-order valence-electron chi connectivity index (χ2n) is 6.23. The third-order valence-corrected chi connectivity index (χ3v) is 4.50. The van der Waals surface area contributed by atoms with E-state index in [-0.39, 0.29) is 0 Å². The van der Waals surface area contributed by atoms with Gasteiger partial charge in [-0.2, -0.15) is 5.26 Å². The van der Waals surface area contributed by atoms with Crippen LogP contribution in [0.15, 0.2) is 30.3 Å². The summed E-state index contributed by atoms with van der Waals surface area (Å²) in [6.07, 6.45) is 3.40. The molecule has 2 fully saturated rings. The first-order chi connectivity index (χ1) is 10.2. The van der Waals surface area contributed by atoms with Crippen molar-refractivity contribution in [1.82, 2.24) is 10.2 Å². The lowest BCUT2D eigenvalue weighted by Gasteiger charge is -2.35. The molecule has 0 bridgehead atoms. The van der Waals surface area contributed by atoms with Crippen molar-refractivity contribution in [2.45, 2.75) is 36.9 Å². The maximum atomic E-state index is 9.93. The topological polar surface area (TPSA) is 48.3 Å². The molecule has 1 saturated heterocycles. The van der Waals surface area contributed by atoms with Gasteiger partial charge in [0.15, 0.2) is 0 Å². The van der Waals surface area contributed by atoms with Crippen LogP contribution >= 0.6 is 0 Å². The highest BCUT2D eigenvalue weighted by molar-refractivity contribution is 5.33. The van der Waals surface area contributed by atoms with Crippen molar-refractivity contribution < 1.29 is 4.74 Å². The van der Waals surface area contributed by atoms with Gasteiger partial charge in [-0.15, -0.1) is 0 Å². The van der Waals surface area contributed by atoms with Crippen LogP contribution in [0.4, 0.5) is 0 Å². The molecule has 4 heteroatoms. The molecule has 0 aromatic heterocycles. The average molecular weight is 285 g/mol. The normalized spacial score (nSPS) is 24.7. The molecule has 1 N–H and O–H groups in total. The molecule has 0 radical (unpaired) electrons. The monoisotopic (exact) mass is 285 g/mol. The number of nitrogens with one attached hydrogen (secondary N) is 1. The van der Waals surface area contributed by atoms with Crippen LogP contribution < -0.4 is 5.32 Å². The third-order valence-electron chi connectivity index (χ3n) is 4.50. The van der Waals surface area contributed by atoms with Gasteiger partial charge < -0.3 is 4.74 Å². The Morgan fingerprint density at radius 1 is 1.33 bits per heavy atom. The van der Waals surface area contributed by atoms with Crippen LogP contribution in [0.1, 0.15) is 24.8 Å². The van der Waals surface area contributed by atoms with E-state index in [1.165, 1.54) is 12.8 Å². The summed E-state index contributed by atoms with van der Waals surface area (Å²) in [6.45, 7) is 2.30. The lowest BCUT2D eigenvalue weighted by Crippen LogP contribution is -2.52. The van der Waals surface area contributed by atoms with Crippen molar-refractivity contribution in [3.05, 3.63) is 35.9 Å². The van der Waals surface area contributed by atoms with Crippen LogP contribution in [-0.4, -0.2) is 43.8 Å². The molecule has 21 heavy (non-hydrogen) atoms. The van der Waals surface area contributed by atoms with Gasteiger partial charge in [0.2, 0.25) is 0 Å². The van der Waals surface area contributed by atoms with Crippen LogP contribution in [-0.2, 0) is 10.3 Å². The van der Waals surface area contributed by atoms with E-state index in [1.807, 2.05) is 18.2 Å².